The molecular formula is C36H66NO4+. The van der Waals surface area contributed by atoms with E-state index in [1.165, 1.54) is 68.1 Å². The Labute approximate surface area is 253 Å². The second-order valence-corrected chi connectivity index (χ2v) is 14.5. The van der Waals surface area contributed by atoms with Crippen LogP contribution in [0.5, 0.6) is 11.5 Å². The van der Waals surface area contributed by atoms with Crippen molar-refractivity contribution in [3.63, 3.8) is 0 Å². The van der Waals surface area contributed by atoms with Crippen molar-refractivity contribution < 1.29 is 24.2 Å². The zero-order chi connectivity index (χ0) is 30.6. The Bertz CT molecular complexity index is 908. The predicted octanol–water partition coefficient (Wildman–Crippen LogP) is 7.94. The van der Waals surface area contributed by atoms with Crippen molar-refractivity contribution in [2.75, 3.05) is 46.5 Å². The molecule has 5 nitrogen and oxygen atoms in total. The van der Waals surface area contributed by atoms with Gasteiger partial charge in [-0.25, -0.2) is 0 Å². The molecule has 0 spiro atoms. The normalized spacial score (nSPS) is 18.7. The molecule has 1 aliphatic rings. The fourth-order valence-corrected chi connectivity index (χ4v) is 6.66. The summed E-state index contributed by atoms with van der Waals surface area (Å²) in [4.78, 5) is 0. The quantitative estimate of drug-likeness (QED) is 0.155. The lowest BCUT2D eigenvalue weighted by atomic mass is 9.83. The summed E-state index contributed by atoms with van der Waals surface area (Å²) in [6.45, 7) is 21.1. The van der Waals surface area contributed by atoms with Gasteiger partial charge in [0, 0.05) is 5.56 Å². The first kappa shape index (κ1) is 35.9. The lowest BCUT2D eigenvalue weighted by Crippen LogP contribution is -2.50. The minimum absolute atomic E-state index is 0.0997. The van der Waals surface area contributed by atoms with Crippen LogP contribution < -0.4 is 9.47 Å². The zero-order valence-corrected chi connectivity index (χ0v) is 28.4. The van der Waals surface area contributed by atoms with E-state index in [1.807, 2.05) is 0 Å². The van der Waals surface area contributed by atoms with Gasteiger partial charge in [-0.2, -0.15) is 0 Å². The zero-order valence-electron chi connectivity index (χ0n) is 28.4. The molecule has 0 bridgehead atoms. The van der Waals surface area contributed by atoms with Crippen LogP contribution in [0.1, 0.15) is 121 Å². The van der Waals surface area contributed by atoms with Crippen molar-refractivity contribution in [3.8, 4) is 11.5 Å². The van der Waals surface area contributed by atoms with Crippen LogP contribution in [0.3, 0.4) is 0 Å². The van der Waals surface area contributed by atoms with E-state index >= 15 is 0 Å². The Morgan fingerprint density at radius 2 is 1.37 bits per heavy atom. The average Bonchev–Trinajstić information content (AvgIpc) is 2.89. The number of hydrogen-bond acceptors (Lipinski definition) is 4. The van der Waals surface area contributed by atoms with Crippen LogP contribution in [-0.4, -0.2) is 66.8 Å². The molecule has 0 radical (unpaired) electrons. The number of aliphatic hydroxyl groups is 2. The summed E-state index contributed by atoms with van der Waals surface area (Å²) in [5.41, 5.74) is 4.77. The van der Waals surface area contributed by atoms with E-state index in [-0.39, 0.29) is 18.8 Å². The number of nitrogens with zero attached hydrogens (tertiary/aromatic N) is 1. The number of ether oxygens (including phenoxy) is 2. The first-order valence-electron chi connectivity index (χ1n) is 16.8. The first-order valence-corrected chi connectivity index (χ1v) is 16.8. The number of rotatable bonds is 20. The first-order chi connectivity index (χ1) is 19.3. The van der Waals surface area contributed by atoms with E-state index in [1.54, 1.807) is 0 Å². The molecule has 1 aliphatic heterocycles. The smallest absolute Gasteiger partial charge is 0.137 e. The van der Waals surface area contributed by atoms with E-state index in [0.717, 1.165) is 60.6 Å². The molecule has 0 aliphatic carbocycles. The highest BCUT2D eigenvalue weighted by Gasteiger charge is 2.34. The van der Waals surface area contributed by atoms with Gasteiger partial charge in [0.2, 0.25) is 0 Å². The van der Waals surface area contributed by atoms with E-state index in [2.05, 4.69) is 62.4 Å². The minimum atomic E-state index is -0.0997. The standard InChI is InChI=1S/C36H66NO4/c1-27(2)13-10-14-28(3)15-11-16-29(4)17-12-19-36(8)20-18-33-32(7)34(30(5)31(6)35(33)41-36)40-26-23-37(9,21-24-38)22-25-39/h27-29,38-39H,10-26H2,1-9H3/q+1. The van der Waals surface area contributed by atoms with E-state index in [4.69, 9.17) is 9.47 Å². The third-order valence-electron chi connectivity index (χ3n) is 10.00. The number of benzene rings is 1. The Morgan fingerprint density at radius 1 is 0.805 bits per heavy atom. The van der Waals surface area contributed by atoms with Gasteiger partial charge in [0.05, 0.1) is 20.3 Å². The maximum Gasteiger partial charge on any atom is 0.137 e. The average molecular weight is 577 g/mol. The predicted molar refractivity (Wildman–Crippen MR) is 173 cm³/mol. The van der Waals surface area contributed by atoms with Gasteiger partial charge in [0.25, 0.3) is 0 Å². The third kappa shape index (κ3) is 11.4. The molecule has 0 aromatic heterocycles. The van der Waals surface area contributed by atoms with Crippen molar-refractivity contribution >= 4 is 0 Å². The fourth-order valence-electron chi connectivity index (χ4n) is 6.66. The molecule has 1 heterocycles. The van der Waals surface area contributed by atoms with Crippen LogP contribution in [0.4, 0.5) is 0 Å². The van der Waals surface area contributed by atoms with Gasteiger partial charge in [-0.05, 0) is 87.8 Å². The second-order valence-electron chi connectivity index (χ2n) is 14.5. The SMILES string of the molecule is Cc1c(C)c2c(c(C)c1OCC[N+](C)(CCO)CCO)CCC(C)(CCCC(C)CCCC(C)CCCC(C)C)O2. The van der Waals surface area contributed by atoms with Gasteiger partial charge in [0.15, 0.2) is 0 Å². The number of hydrogen-bond donors (Lipinski definition) is 2. The number of quaternary nitrogens is 1. The maximum atomic E-state index is 9.46. The molecule has 0 fully saturated rings. The third-order valence-corrected chi connectivity index (χ3v) is 10.00. The molecule has 0 saturated carbocycles. The minimum Gasteiger partial charge on any atom is -0.487 e. The van der Waals surface area contributed by atoms with Gasteiger partial charge in [0.1, 0.15) is 43.3 Å². The largest absolute Gasteiger partial charge is 0.487 e. The van der Waals surface area contributed by atoms with Gasteiger partial charge in [-0.3, -0.25) is 0 Å². The van der Waals surface area contributed by atoms with Crippen LogP contribution in [0.15, 0.2) is 0 Å². The Balaban J connectivity index is 1.88. The summed E-state index contributed by atoms with van der Waals surface area (Å²) >= 11 is 0. The molecule has 2 rings (SSSR count). The summed E-state index contributed by atoms with van der Waals surface area (Å²) in [5, 5.41) is 18.9. The lowest BCUT2D eigenvalue weighted by Gasteiger charge is -2.38. The van der Waals surface area contributed by atoms with Gasteiger partial charge in [-0.15, -0.1) is 0 Å². The molecule has 3 atom stereocenters. The van der Waals surface area contributed by atoms with E-state index < -0.39 is 0 Å². The second kappa shape index (κ2) is 17.1. The number of fused-ring (bicyclic) bond motifs is 1. The summed E-state index contributed by atoms with van der Waals surface area (Å²) in [6.07, 6.45) is 14.0. The fraction of sp³-hybridized carbons (Fsp3) is 0.833. The highest BCUT2D eigenvalue weighted by molar-refractivity contribution is 5.59. The Kier molecular flexibility index (Phi) is 15.0. The van der Waals surface area contributed by atoms with E-state index in [9.17, 15) is 10.2 Å². The molecule has 0 amide bonds. The Hall–Kier alpha value is -1.30. The summed E-state index contributed by atoms with van der Waals surface area (Å²) in [5.74, 6) is 4.56. The summed E-state index contributed by atoms with van der Waals surface area (Å²) < 4.78 is 13.8. The van der Waals surface area contributed by atoms with Crippen LogP contribution in [0, 0.1) is 38.5 Å². The highest BCUT2D eigenvalue weighted by atomic mass is 16.5. The van der Waals surface area contributed by atoms with Crippen LogP contribution >= 0.6 is 0 Å². The van der Waals surface area contributed by atoms with Crippen LogP contribution in [-0.2, 0) is 6.42 Å². The summed E-state index contributed by atoms with van der Waals surface area (Å²) in [6, 6.07) is 0. The van der Waals surface area contributed by atoms with Gasteiger partial charge < -0.3 is 24.2 Å². The molecule has 5 heteroatoms. The van der Waals surface area contributed by atoms with Gasteiger partial charge >= 0.3 is 0 Å². The molecule has 238 valence electrons. The summed E-state index contributed by atoms with van der Waals surface area (Å²) in [7, 11) is 2.07. The van der Waals surface area contributed by atoms with Crippen molar-refractivity contribution in [1.29, 1.82) is 0 Å². The molecule has 1 aromatic carbocycles. The lowest BCUT2D eigenvalue weighted by molar-refractivity contribution is -0.910. The van der Waals surface area contributed by atoms with Crippen molar-refractivity contribution in [2.24, 2.45) is 17.8 Å². The monoisotopic (exact) mass is 576 g/mol. The van der Waals surface area contributed by atoms with Crippen LogP contribution in [0.25, 0.3) is 0 Å². The molecule has 41 heavy (non-hydrogen) atoms. The van der Waals surface area contributed by atoms with Crippen LogP contribution in [0.2, 0.25) is 0 Å². The molecule has 1 aromatic rings. The maximum absolute atomic E-state index is 9.46. The van der Waals surface area contributed by atoms with E-state index in [0.29, 0.717) is 24.2 Å². The molecule has 2 N–H and O–H groups in total. The Morgan fingerprint density at radius 3 is 1.93 bits per heavy atom. The van der Waals surface area contributed by atoms with Crippen molar-refractivity contribution in [2.45, 2.75) is 132 Å². The number of aliphatic hydroxyl groups excluding tert-OH is 2. The molecular weight excluding hydrogens is 510 g/mol. The highest BCUT2D eigenvalue weighted by Crippen LogP contribution is 2.45. The number of likely N-dealkylation sites (N-methyl/N-ethyl adjacent to an activating group) is 1. The van der Waals surface area contributed by atoms with Gasteiger partial charge in [-0.1, -0.05) is 72.6 Å². The molecule has 3 unspecified atom stereocenters. The molecule has 0 saturated heterocycles. The van der Waals surface area contributed by atoms with Crippen molar-refractivity contribution in [1.82, 2.24) is 0 Å². The van der Waals surface area contributed by atoms with Crippen molar-refractivity contribution in [3.05, 3.63) is 22.3 Å². The topological polar surface area (TPSA) is 58.9 Å².